The smallest absolute Gasteiger partial charge is 0.324 e. The number of fused-ring (bicyclic) bond motifs is 1. The fourth-order valence-corrected chi connectivity index (χ4v) is 2.12. The van der Waals surface area contributed by atoms with Crippen LogP contribution in [-0.4, -0.2) is 37.1 Å². The summed E-state index contributed by atoms with van der Waals surface area (Å²) in [7, 11) is 1.26. The molecule has 0 N–H and O–H groups in total. The van der Waals surface area contributed by atoms with E-state index in [0.717, 1.165) is 0 Å². The monoisotopic (exact) mass is 261 g/mol. The minimum absolute atomic E-state index is 0.0486. The van der Waals surface area contributed by atoms with Crippen molar-refractivity contribution in [3.05, 3.63) is 30.2 Å². The zero-order valence-corrected chi connectivity index (χ0v) is 10.2. The molecule has 0 amide bonds. The number of ketones is 1. The fourth-order valence-electron chi connectivity index (χ4n) is 2.12. The molecule has 1 aromatic carbocycles. The maximum atomic E-state index is 12.5. The van der Waals surface area contributed by atoms with Gasteiger partial charge in [-0.25, -0.2) is 4.98 Å². The lowest BCUT2D eigenvalue weighted by atomic mass is 9.78. The molecular formula is C13H11NO5. The summed E-state index contributed by atoms with van der Waals surface area (Å²) in [4.78, 5) is 28.2. The van der Waals surface area contributed by atoms with E-state index >= 15 is 0 Å². The quantitative estimate of drug-likeness (QED) is 0.469. The molecule has 0 spiro atoms. The Morgan fingerprint density at radius 3 is 2.79 bits per heavy atom. The zero-order valence-electron chi connectivity index (χ0n) is 10.2. The minimum Gasteiger partial charge on any atom is -0.468 e. The molecule has 0 aliphatic carbocycles. The molecule has 98 valence electrons. The number of benzene rings is 1. The van der Waals surface area contributed by atoms with Gasteiger partial charge in [-0.15, -0.1) is 0 Å². The van der Waals surface area contributed by atoms with Gasteiger partial charge in [-0.3, -0.25) is 9.59 Å². The Morgan fingerprint density at radius 1 is 1.37 bits per heavy atom. The van der Waals surface area contributed by atoms with E-state index in [-0.39, 0.29) is 19.0 Å². The Bertz CT molecular complexity index is 656. The molecule has 2 heterocycles. The number of Topliss-reactive ketones (excluding diaryl/α,β-unsaturated/α-hetero) is 1. The number of ether oxygens (including phenoxy) is 2. The van der Waals surface area contributed by atoms with Crippen molar-refractivity contribution < 1.29 is 23.5 Å². The summed E-state index contributed by atoms with van der Waals surface area (Å²) >= 11 is 0. The highest BCUT2D eigenvalue weighted by molar-refractivity contribution is 6.14. The summed E-state index contributed by atoms with van der Waals surface area (Å²) in [6.45, 7) is 0.0971. The number of rotatable bonds is 3. The van der Waals surface area contributed by atoms with Crippen LogP contribution in [0, 0.1) is 5.41 Å². The summed E-state index contributed by atoms with van der Waals surface area (Å²) in [5.41, 5.74) is 0.334. The number of esters is 1. The number of aromatic nitrogens is 1. The van der Waals surface area contributed by atoms with Crippen LogP contribution in [0.4, 0.5) is 0 Å². The summed E-state index contributed by atoms with van der Waals surface area (Å²) in [5, 5.41) is 0. The van der Waals surface area contributed by atoms with Gasteiger partial charge in [0.2, 0.25) is 0 Å². The van der Waals surface area contributed by atoms with Crippen LogP contribution >= 0.6 is 0 Å². The predicted molar refractivity (Wildman–Crippen MR) is 63.6 cm³/mol. The molecule has 1 aromatic heterocycles. The first kappa shape index (κ1) is 11.9. The standard InChI is InChI=1S/C13H11NO5/c1-17-12(16)13(5-18-6-13)11(15)8-2-3-9-10(4-8)19-7-14-9/h2-4,7H,5-6H2,1H3. The van der Waals surface area contributed by atoms with E-state index in [1.54, 1.807) is 18.2 Å². The molecule has 6 heteroatoms. The number of oxazole rings is 1. The van der Waals surface area contributed by atoms with Crippen molar-refractivity contribution in [3.63, 3.8) is 0 Å². The molecule has 2 aromatic rings. The Morgan fingerprint density at radius 2 is 2.16 bits per heavy atom. The second-order valence-corrected chi connectivity index (χ2v) is 4.43. The van der Waals surface area contributed by atoms with Crippen molar-refractivity contribution in [1.29, 1.82) is 0 Å². The highest BCUT2D eigenvalue weighted by atomic mass is 16.5. The molecule has 1 saturated heterocycles. The number of carbonyl (C=O) groups is 2. The van der Waals surface area contributed by atoms with Gasteiger partial charge in [-0.2, -0.15) is 0 Å². The van der Waals surface area contributed by atoms with E-state index < -0.39 is 11.4 Å². The molecular weight excluding hydrogens is 250 g/mol. The van der Waals surface area contributed by atoms with E-state index in [0.29, 0.717) is 16.7 Å². The van der Waals surface area contributed by atoms with Gasteiger partial charge in [0.25, 0.3) is 0 Å². The molecule has 0 unspecified atom stereocenters. The van der Waals surface area contributed by atoms with Crippen LogP contribution in [0.25, 0.3) is 11.1 Å². The maximum Gasteiger partial charge on any atom is 0.324 e. The lowest BCUT2D eigenvalue weighted by Crippen LogP contribution is -2.55. The Balaban J connectivity index is 2.00. The normalized spacial score (nSPS) is 16.9. The van der Waals surface area contributed by atoms with Gasteiger partial charge in [-0.05, 0) is 18.2 Å². The topological polar surface area (TPSA) is 78.6 Å². The SMILES string of the molecule is COC(=O)C1(C(=O)c2ccc3ncoc3c2)COC1. The number of hydrogen-bond donors (Lipinski definition) is 0. The van der Waals surface area contributed by atoms with Crippen LogP contribution in [0.5, 0.6) is 0 Å². The Hall–Kier alpha value is -2.21. The van der Waals surface area contributed by atoms with Gasteiger partial charge >= 0.3 is 5.97 Å². The van der Waals surface area contributed by atoms with Crippen LogP contribution in [-0.2, 0) is 14.3 Å². The molecule has 1 fully saturated rings. The predicted octanol–water partition coefficient (Wildman–Crippen LogP) is 1.20. The van der Waals surface area contributed by atoms with Gasteiger partial charge in [-0.1, -0.05) is 0 Å². The van der Waals surface area contributed by atoms with Crippen LogP contribution in [0.3, 0.4) is 0 Å². The summed E-state index contributed by atoms with van der Waals surface area (Å²) in [5.74, 6) is -0.884. The molecule has 3 rings (SSSR count). The molecule has 1 aliphatic heterocycles. The van der Waals surface area contributed by atoms with Gasteiger partial charge in [0.15, 0.2) is 23.2 Å². The van der Waals surface area contributed by atoms with E-state index in [1.807, 2.05) is 0 Å². The summed E-state index contributed by atoms with van der Waals surface area (Å²) in [6, 6.07) is 4.88. The van der Waals surface area contributed by atoms with Crippen molar-refractivity contribution in [2.24, 2.45) is 5.41 Å². The molecule has 0 bridgehead atoms. The molecule has 0 radical (unpaired) electrons. The third-order valence-corrected chi connectivity index (χ3v) is 3.30. The maximum absolute atomic E-state index is 12.5. The number of methoxy groups -OCH3 is 1. The second-order valence-electron chi connectivity index (χ2n) is 4.43. The first-order valence-electron chi connectivity index (χ1n) is 5.71. The van der Waals surface area contributed by atoms with Gasteiger partial charge < -0.3 is 13.9 Å². The second kappa shape index (κ2) is 4.17. The first-order chi connectivity index (χ1) is 9.17. The lowest BCUT2D eigenvalue weighted by molar-refractivity contribution is -0.172. The van der Waals surface area contributed by atoms with E-state index in [1.165, 1.54) is 13.5 Å². The number of nitrogens with zero attached hydrogens (tertiary/aromatic N) is 1. The summed E-state index contributed by atoms with van der Waals surface area (Å²) < 4.78 is 14.9. The van der Waals surface area contributed by atoms with Gasteiger partial charge in [0.1, 0.15) is 5.52 Å². The molecule has 0 atom stereocenters. The summed E-state index contributed by atoms with van der Waals surface area (Å²) in [6.07, 6.45) is 1.31. The minimum atomic E-state index is -1.22. The van der Waals surface area contributed by atoms with E-state index in [2.05, 4.69) is 4.98 Å². The zero-order chi connectivity index (χ0) is 13.5. The molecule has 6 nitrogen and oxygen atoms in total. The van der Waals surface area contributed by atoms with E-state index in [9.17, 15) is 9.59 Å². The van der Waals surface area contributed by atoms with Crippen LogP contribution in [0.15, 0.2) is 29.0 Å². The number of carbonyl (C=O) groups excluding carboxylic acids is 2. The Kier molecular flexibility index (Phi) is 2.60. The fraction of sp³-hybridized carbons (Fsp3) is 0.308. The number of hydrogen-bond acceptors (Lipinski definition) is 6. The molecule has 0 saturated carbocycles. The first-order valence-corrected chi connectivity index (χ1v) is 5.71. The third kappa shape index (κ3) is 1.64. The third-order valence-electron chi connectivity index (χ3n) is 3.30. The van der Waals surface area contributed by atoms with Crippen LogP contribution < -0.4 is 0 Å². The van der Waals surface area contributed by atoms with Crippen molar-refractivity contribution >= 4 is 22.9 Å². The lowest BCUT2D eigenvalue weighted by Gasteiger charge is -2.36. The van der Waals surface area contributed by atoms with Crippen LogP contribution in [0.1, 0.15) is 10.4 Å². The highest BCUT2D eigenvalue weighted by Crippen LogP contribution is 2.33. The van der Waals surface area contributed by atoms with Crippen molar-refractivity contribution in [2.75, 3.05) is 20.3 Å². The highest BCUT2D eigenvalue weighted by Gasteiger charge is 2.54. The Labute approximate surface area is 108 Å². The van der Waals surface area contributed by atoms with Crippen LogP contribution in [0.2, 0.25) is 0 Å². The average molecular weight is 261 g/mol. The largest absolute Gasteiger partial charge is 0.468 e. The van der Waals surface area contributed by atoms with Gasteiger partial charge in [0, 0.05) is 5.56 Å². The van der Waals surface area contributed by atoms with Crippen molar-refractivity contribution in [1.82, 2.24) is 4.98 Å². The average Bonchev–Trinajstić information content (AvgIpc) is 2.84. The van der Waals surface area contributed by atoms with Gasteiger partial charge in [0.05, 0.1) is 20.3 Å². The molecule has 19 heavy (non-hydrogen) atoms. The van der Waals surface area contributed by atoms with E-state index in [4.69, 9.17) is 13.9 Å². The molecule has 1 aliphatic rings. The van der Waals surface area contributed by atoms with Crippen molar-refractivity contribution in [2.45, 2.75) is 0 Å². The van der Waals surface area contributed by atoms with Crippen molar-refractivity contribution in [3.8, 4) is 0 Å².